The van der Waals surface area contributed by atoms with Crippen LogP contribution in [0.4, 0.5) is 13.2 Å². The zero-order valence-corrected chi connectivity index (χ0v) is 14.0. The average molecular weight is 386 g/mol. The SMILES string of the molecule is CCOC(=O)c1cc2c(Cl)nc(-c3ccc(OC(F)(F)F)cc3)cn2n1. The maximum Gasteiger partial charge on any atom is 0.573 e. The summed E-state index contributed by atoms with van der Waals surface area (Å²) in [6, 6.07) is 6.57. The molecule has 0 N–H and O–H groups in total. The highest BCUT2D eigenvalue weighted by Crippen LogP contribution is 2.27. The number of hydrogen-bond acceptors (Lipinski definition) is 5. The number of carbonyl (C=O) groups excluding carboxylic acids is 1. The van der Waals surface area contributed by atoms with Gasteiger partial charge in [-0.05, 0) is 31.2 Å². The number of esters is 1. The first-order valence-electron chi connectivity index (χ1n) is 7.36. The molecule has 0 spiro atoms. The third-order valence-corrected chi connectivity index (χ3v) is 3.56. The van der Waals surface area contributed by atoms with Crippen molar-refractivity contribution in [3.05, 3.63) is 47.4 Å². The number of ether oxygens (including phenoxy) is 2. The van der Waals surface area contributed by atoms with E-state index in [-0.39, 0.29) is 23.2 Å². The Morgan fingerprint density at radius 2 is 1.96 bits per heavy atom. The highest BCUT2D eigenvalue weighted by Gasteiger charge is 2.31. The van der Waals surface area contributed by atoms with Crippen LogP contribution in [0.5, 0.6) is 5.75 Å². The number of rotatable bonds is 4. The molecule has 2 heterocycles. The topological polar surface area (TPSA) is 65.7 Å². The second-order valence-corrected chi connectivity index (χ2v) is 5.43. The number of fused-ring (bicyclic) bond motifs is 1. The van der Waals surface area contributed by atoms with Crippen LogP contribution in [0.2, 0.25) is 5.15 Å². The molecule has 1 aromatic carbocycles. The number of nitrogens with zero attached hydrogens (tertiary/aromatic N) is 3. The molecular formula is C16H11ClF3N3O3. The largest absolute Gasteiger partial charge is 0.573 e. The molecular weight excluding hydrogens is 375 g/mol. The number of carbonyl (C=O) groups is 1. The molecule has 0 aliphatic rings. The lowest BCUT2D eigenvalue weighted by Gasteiger charge is -2.09. The molecule has 0 aliphatic carbocycles. The van der Waals surface area contributed by atoms with Crippen LogP contribution in [-0.4, -0.2) is 33.5 Å². The summed E-state index contributed by atoms with van der Waals surface area (Å²) in [6.07, 6.45) is -3.26. The van der Waals surface area contributed by atoms with E-state index in [9.17, 15) is 18.0 Å². The minimum Gasteiger partial charge on any atom is -0.461 e. The third kappa shape index (κ3) is 3.88. The molecule has 0 bridgehead atoms. The van der Waals surface area contributed by atoms with Gasteiger partial charge in [-0.15, -0.1) is 13.2 Å². The second kappa shape index (κ2) is 6.83. The van der Waals surface area contributed by atoms with Crippen molar-refractivity contribution >= 4 is 23.1 Å². The zero-order chi connectivity index (χ0) is 18.9. The number of alkyl halides is 3. The van der Waals surface area contributed by atoms with E-state index in [0.717, 1.165) is 12.1 Å². The smallest absolute Gasteiger partial charge is 0.461 e. The van der Waals surface area contributed by atoms with Gasteiger partial charge in [0, 0.05) is 11.6 Å². The minimum atomic E-state index is -4.76. The average Bonchev–Trinajstić information content (AvgIpc) is 2.99. The van der Waals surface area contributed by atoms with Crippen LogP contribution in [0.15, 0.2) is 36.5 Å². The summed E-state index contributed by atoms with van der Waals surface area (Å²) < 4.78 is 46.7. The van der Waals surface area contributed by atoms with Gasteiger partial charge in [0.05, 0.1) is 18.5 Å². The van der Waals surface area contributed by atoms with Gasteiger partial charge >= 0.3 is 12.3 Å². The number of halogens is 4. The fourth-order valence-corrected chi connectivity index (χ4v) is 2.46. The summed E-state index contributed by atoms with van der Waals surface area (Å²) in [7, 11) is 0. The molecule has 0 radical (unpaired) electrons. The predicted octanol–water partition coefficient (Wildman–Crippen LogP) is 4.13. The lowest BCUT2D eigenvalue weighted by molar-refractivity contribution is -0.274. The van der Waals surface area contributed by atoms with Gasteiger partial charge in [0.25, 0.3) is 0 Å². The molecule has 0 fully saturated rings. The van der Waals surface area contributed by atoms with Crippen LogP contribution in [0.1, 0.15) is 17.4 Å². The van der Waals surface area contributed by atoms with E-state index in [0.29, 0.717) is 16.8 Å². The molecule has 0 saturated carbocycles. The molecule has 0 amide bonds. The summed E-state index contributed by atoms with van der Waals surface area (Å²) >= 11 is 6.13. The Kier molecular flexibility index (Phi) is 4.73. The Balaban J connectivity index is 1.94. The summed E-state index contributed by atoms with van der Waals surface area (Å²) in [6.45, 7) is 1.88. The van der Waals surface area contributed by atoms with Crippen molar-refractivity contribution in [2.24, 2.45) is 0 Å². The first kappa shape index (κ1) is 18.0. The van der Waals surface area contributed by atoms with Crippen LogP contribution < -0.4 is 4.74 Å². The van der Waals surface area contributed by atoms with Gasteiger partial charge in [-0.3, -0.25) is 0 Å². The molecule has 0 aliphatic heterocycles. The quantitative estimate of drug-likeness (QED) is 0.632. The van der Waals surface area contributed by atoms with Gasteiger partial charge in [-0.25, -0.2) is 14.3 Å². The lowest BCUT2D eigenvalue weighted by atomic mass is 10.1. The van der Waals surface area contributed by atoms with Crippen LogP contribution >= 0.6 is 11.6 Å². The Hall–Kier alpha value is -2.81. The summed E-state index contributed by atoms with van der Waals surface area (Å²) in [4.78, 5) is 15.9. The van der Waals surface area contributed by atoms with E-state index in [1.165, 1.54) is 28.9 Å². The Bertz CT molecular complexity index is 955. The van der Waals surface area contributed by atoms with Crippen molar-refractivity contribution < 1.29 is 27.4 Å². The third-order valence-electron chi connectivity index (χ3n) is 3.28. The first-order valence-corrected chi connectivity index (χ1v) is 7.74. The normalized spacial score (nSPS) is 11.6. The molecule has 0 saturated heterocycles. The van der Waals surface area contributed by atoms with Gasteiger partial charge in [0.2, 0.25) is 0 Å². The van der Waals surface area contributed by atoms with Crippen molar-refractivity contribution in [2.75, 3.05) is 6.61 Å². The molecule has 3 aromatic rings. The monoisotopic (exact) mass is 385 g/mol. The summed E-state index contributed by atoms with van der Waals surface area (Å²) in [5.41, 5.74) is 1.33. The standard InChI is InChI=1S/C16H11ClF3N3O3/c1-2-25-15(24)11-7-13-14(17)21-12(8-23(13)22-11)9-3-5-10(6-4-9)26-16(18,19)20/h3-8H,2H2,1H3. The highest BCUT2D eigenvalue weighted by molar-refractivity contribution is 6.32. The van der Waals surface area contributed by atoms with E-state index in [1.54, 1.807) is 6.92 Å². The molecule has 6 nitrogen and oxygen atoms in total. The van der Waals surface area contributed by atoms with Crippen molar-refractivity contribution in [1.82, 2.24) is 14.6 Å². The van der Waals surface area contributed by atoms with E-state index in [1.807, 2.05) is 0 Å². The van der Waals surface area contributed by atoms with Crippen molar-refractivity contribution in [3.8, 4) is 17.0 Å². The Morgan fingerprint density at radius 3 is 2.58 bits per heavy atom. The maximum absolute atomic E-state index is 12.2. The highest BCUT2D eigenvalue weighted by atomic mass is 35.5. The molecule has 136 valence electrons. The van der Waals surface area contributed by atoms with Crippen molar-refractivity contribution in [1.29, 1.82) is 0 Å². The van der Waals surface area contributed by atoms with Gasteiger partial charge in [-0.1, -0.05) is 11.6 Å². The van der Waals surface area contributed by atoms with Gasteiger partial charge in [0.1, 0.15) is 11.3 Å². The minimum absolute atomic E-state index is 0.0709. The fourth-order valence-electron chi connectivity index (χ4n) is 2.23. The van der Waals surface area contributed by atoms with Gasteiger partial charge in [-0.2, -0.15) is 5.10 Å². The molecule has 10 heteroatoms. The lowest BCUT2D eigenvalue weighted by Crippen LogP contribution is -2.16. The summed E-state index contributed by atoms with van der Waals surface area (Å²) in [5.74, 6) is -0.945. The Labute approximate surface area is 150 Å². The molecule has 2 aromatic heterocycles. The van der Waals surface area contributed by atoms with E-state index in [2.05, 4.69) is 14.8 Å². The van der Waals surface area contributed by atoms with Crippen molar-refractivity contribution in [3.63, 3.8) is 0 Å². The van der Waals surface area contributed by atoms with Crippen LogP contribution in [0.25, 0.3) is 16.8 Å². The molecule has 3 rings (SSSR count). The predicted molar refractivity (Wildman–Crippen MR) is 86.1 cm³/mol. The van der Waals surface area contributed by atoms with E-state index < -0.39 is 12.3 Å². The van der Waals surface area contributed by atoms with Crippen molar-refractivity contribution in [2.45, 2.75) is 13.3 Å². The first-order chi connectivity index (χ1) is 12.3. The van der Waals surface area contributed by atoms with Crippen LogP contribution in [0.3, 0.4) is 0 Å². The van der Waals surface area contributed by atoms with Gasteiger partial charge < -0.3 is 9.47 Å². The number of benzene rings is 1. The van der Waals surface area contributed by atoms with E-state index in [4.69, 9.17) is 16.3 Å². The fraction of sp³-hybridized carbons (Fsp3) is 0.188. The zero-order valence-electron chi connectivity index (χ0n) is 13.2. The molecule has 0 atom stereocenters. The second-order valence-electron chi connectivity index (χ2n) is 5.07. The Morgan fingerprint density at radius 1 is 1.27 bits per heavy atom. The van der Waals surface area contributed by atoms with Crippen LogP contribution in [-0.2, 0) is 4.74 Å². The molecule has 0 unspecified atom stereocenters. The van der Waals surface area contributed by atoms with E-state index >= 15 is 0 Å². The number of aromatic nitrogens is 3. The molecule has 26 heavy (non-hydrogen) atoms. The summed E-state index contributed by atoms with van der Waals surface area (Å²) in [5, 5.41) is 4.17. The number of hydrogen-bond donors (Lipinski definition) is 0. The van der Waals surface area contributed by atoms with Crippen LogP contribution in [0, 0.1) is 0 Å². The maximum atomic E-state index is 12.2. The van der Waals surface area contributed by atoms with Gasteiger partial charge in [0.15, 0.2) is 10.8 Å².